The Bertz CT molecular complexity index is 3340. The van der Waals surface area contributed by atoms with Crippen molar-refractivity contribution >= 4 is 76.2 Å². The molecule has 6 bridgehead atoms. The molecular weight excluding hydrogens is 801 g/mol. The number of fused-ring (bicyclic) bond motifs is 9. The van der Waals surface area contributed by atoms with Crippen molar-refractivity contribution in [3.8, 4) is 11.1 Å². The molecule has 1 heterocycles. The molecule has 0 radical (unpaired) electrons. The normalized spacial score (nSPS) is 32.8. The molecule has 8 aromatic rings. The van der Waals surface area contributed by atoms with E-state index in [1.54, 1.807) is 11.1 Å². The zero-order valence-electron chi connectivity index (χ0n) is 38.5. The number of rotatable bonds is 5. The van der Waals surface area contributed by atoms with Crippen LogP contribution in [0.1, 0.15) is 126 Å². The van der Waals surface area contributed by atoms with Gasteiger partial charge in [-0.3, -0.25) is 0 Å². The van der Waals surface area contributed by atoms with Crippen molar-refractivity contribution in [2.45, 2.75) is 115 Å². The van der Waals surface area contributed by atoms with E-state index in [0.29, 0.717) is 11.3 Å². The maximum absolute atomic E-state index is 2.53. The summed E-state index contributed by atoms with van der Waals surface area (Å²) in [5.41, 5.74) is 10.1. The third-order valence-electron chi connectivity index (χ3n) is 20.4. The number of hydrogen-bond donors (Lipinski definition) is 0. The Morgan fingerprint density at radius 1 is 0.600 bits per heavy atom. The molecule has 7 aromatic carbocycles. The molecule has 65 heavy (non-hydrogen) atoms. The van der Waals surface area contributed by atoms with E-state index >= 15 is 0 Å². The highest BCUT2D eigenvalue weighted by molar-refractivity contribution is 7.17. The van der Waals surface area contributed by atoms with E-state index in [9.17, 15) is 0 Å². The van der Waals surface area contributed by atoms with Crippen molar-refractivity contribution in [2.75, 3.05) is 0 Å². The lowest BCUT2D eigenvalue weighted by Crippen LogP contribution is -2.43. The van der Waals surface area contributed by atoms with Crippen LogP contribution in [-0.2, 0) is 5.41 Å². The third kappa shape index (κ3) is 5.10. The molecule has 7 fully saturated rings. The highest BCUT2D eigenvalue weighted by Gasteiger charge is 2.70. The fourth-order valence-electron chi connectivity index (χ4n) is 18.4. The molecule has 10 atom stereocenters. The van der Waals surface area contributed by atoms with E-state index in [2.05, 4.69) is 135 Å². The summed E-state index contributed by atoms with van der Waals surface area (Å²) in [6, 6.07) is 46.0. The van der Waals surface area contributed by atoms with Crippen LogP contribution in [0, 0.1) is 46.8 Å². The van der Waals surface area contributed by atoms with Crippen molar-refractivity contribution in [2.24, 2.45) is 46.8 Å². The van der Waals surface area contributed by atoms with Crippen molar-refractivity contribution in [1.29, 1.82) is 0 Å². The van der Waals surface area contributed by atoms with Gasteiger partial charge in [0, 0.05) is 25.4 Å². The smallest absolute Gasteiger partial charge is 0.0434 e. The molecule has 10 unspecified atom stereocenters. The van der Waals surface area contributed by atoms with Gasteiger partial charge in [-0.1, -0.05) is 141 Å². The minimum atomic E-state index is 0.276. The number of benzene rings is 7. The molecule has 0 saturated heterocycles. The molecule has 0 N–H and O–H groups in total. The standard InChI is InChI=1S/C64H62S/c1-3-14-55-57(37(2)56-44-16-4-6-18-46(44)60(47-19-7-5-17-45(47)56)58-41-30-40-33-43-34-54(58)64(43,35-40)36-41)52-24-12-25-53(62(52)65-55)59-48-20-8-10-22-50(48)61(51-23-11-9-21-49(51)59)63-27-13-15-38-29-39(26-28-63)32-42(63)31-38/h4-12,14,16-25,38-43,54,58H,3,13,15,26-36H2,1-2H3/b55-14+,57-37+. The molecule has 0 nitrogen and oxygen atoms in total. The first-order valence-corrected chi connectivity index (χ1v) is 26.9. The molecule has 0 amide bonds. The quantitative estimate of drug-likeness (QED) is 0.151. The van der Waals surface area contributed by atoms with Gasteiger partial charge in [0.1, 0.15) is 0 Å². The van der Waals surface area contributed by atoms with Gasteiger partial charge in [-0.25, -0.2) is 0 Å². The SMILES string of the molecule is CC/C=c1/sc2c(-c3c4ccccc4c(C45CCCC6CC(CC4)CC5C6)c4ccccc34)cccc2/c1=C(/C)c1c2ccccc2c(C2C3CC4CC5CC2C5(C4)C3)c2ccccc12. The Morgan fingerprint density at radius 2 is 1.23 bits per heavy atom. The number of hydrogen-bond acceptors (Lipinski definition) is 1. The third-order valence-corrected chi connectivity index (χ3v) is 21.6. The second-order valence-electron chi connectivity index (χ2n) is 23.0. The molecule has 324 valence electrons. The second kappa shape index (κ2) is 13.9. The minimum Gasteiger partial charge on any atom is -0.135 e. The van der Waals surface area contributed by atoms with Crippen LogP contribution in [0.4, 0.5) is 0 Å². The molecule has 7 aliphatic rings. The summed E-state index contributed by atoms with van der Waals surface area (Å²) in [7, 11) is 0. The van der Waals surface area contributed by atoms with E-state index in [4.69, 9.17) is 0 Å². The van der Waals surface area contributed by atoms with Crippen LogP contribution in [0.3, 0.4) is 0 Å². The summed E-state index contributed by atoms with van der Waals surface area (Å²) in [6.07, 6.45) is 22.4. The van der Waals surface area contributed by atoms with Gasteiger partial charge in [-0.2, -0.15) is 0 Å². The molecule has 15 rings (SSSR count). The second-order valence-corrected chi connectivity index (χ2v) is 24.1. The van der Waals surface area contributed by atoms with Crippen LogP contribution >= 0.6 is 11.3 Å². The average molecular weight is 863 g/mol. The lowest BCUT2D eigenvalue weighted by atomic mass is 9.53. The Hall–Kier alpha value is -4.72. The monoisotopic (exact) mass is 862 g/mol. The summed E-state index contributed by atoms with van der Waals surface area (Å²) in [5.74, 6) is 7.12. The molecule has 7 aliphatic carbocycles. The van der Waals surface area contributed by atoms with Crippen LogP contribution in [0.5, 0.6) is 0 Å². The predicted octanol–water partition coefficient (Wildman–Crippen LogP) is 16.4. The van der Waals surface area contributed by atoms with Gasteiger partial charge in [0.15, 0.2) is 0 Å². The van der Waals surface area contributed by atoms with Crippen LogP contribution in [0.15, 0.2) is 115 Å². The molecule has 1 heteroatoms. The highest BCUT2D eigenvalue weighted by atomic mass is 32.1. The first kappa shape index (κ1) is 38.4. The number of thiophene rings is 1. The van der Waals surface area contributed by atoms with E-state index < -0.39 is 0 Å². The van der Waals surface area contributed by atoms with Gasteiger partial charge < -0.3 is 0 Å². The van der Waals surface area contributed by atoms with Crippen molar-refractivity contribution in [3.63, 3.8) is 0 Å². The molecule has 0 aliphatic heterocycles. The van der Waals surface area contributed by atoms with Gasteiger partial charge in [0.2, 0.25) is 0 Å². The summed E-state index contributed by atoms with van der Waals surface area (Å²) >= 11 is 2.05. The molecule has 1 spiro atoms. The van der Waals surface area contributed by atoms with Crippen molar-refractivity contribution in [1.82, 2.24) is 0 Å². The zero-order chi connectivity index (χ0) is 42.8. The van der Waals surface area contributed by atoms with Gasteiger partial charge in [0.05, 0.1) is 0 Å². The fraction of sp³-hybridized carbons (Fsp3) is 0.406. The fourth-order valence-corrected chi connectivity index (χ4v) is 19.8. The van der Waals surface area contributed by atoms with Gasteiger partial charge in [-0.15, -0.1) is 11.3 Å². The van der Waals surface area contributed by atoms with Crippen LogP contribution in [0.2, 0.25) is 0 Å². The first-order valence-electron chi connectivity index (χ1n) is 26.1. The first-order chi connectivity index (χ1) is 32.0. The molecule has 7 saturated carbocycles. The Labute approximate surface area is 388 Å². The van der Waals surface area contributed by atoms with Crippen molar-refractivity contribution < 1.29 is 0 Å². The van der Waals surface area contributed by atoms with E-state index in [1.165, 1.54) is 169 Å². The van der Waals surface area contributed by atoms with Crippen LogP contribution in [-0.4, -0.2) is 0 Å². The average Bonchev–Trinajstić information content (AvgIpc) is 3.83. The predicted molar refractivity (Wildman–Crippen MR) is 277 cm³/mol. The minimum absolute atomic E-state index is 0.276. The van der Waals surface area contributed by atoms with E-state index in [-0.39, 0.29) is 5.41 Å². The molecular formula is C64H62S. The highest BCUT2D eigenvalue weighted by Crippen LogP contribution is 2.79. The Morgan fingerprint density at radius 3 is 1.94 bits per heavy atom. The van der Waals surface area contributed by atoms with Crippen LogP contribution in [0.25, 0.3) is 76.0 Å². The zero-order valence-corrected chi connectivity index (χ0v) is 39.3. The Balaban J connectivity index is 0.982. The summed E-state index contributed by atoms with van der Waals surface area (Å²) in [4.78, 5) is 0. The van der Waals surface area contributed by atoms with E-state index in [0.717, 1.165) is 47.8 Å². The lowest BCUT2D eigenvalue weighted by Gasteiger charge is -2.51. The van der Waals surface area contributed by atoms with Gasteiger partial charge >= 0.3 is 0 Å². The van der Waals surface area contributed by atoms with Crippen molar-refractivity contribution in [3.05, 3.63) is 142 Å². The summed E-state index contributed by atoms with van der Waals surface area (Å²) in [6.45, 7) is 4.80. The lowest BCUT2D eigenvalue weighted by molar-refractivity contribution is -0.00566. The van der Waals surface area contributed by atoms with E-state index in [1.807, 2.05) is 11.3 Å². The Kier molecular flexibility index (Phi) is 8.22. The van der Waals surface area contributed by atoms with Gasteiger partial charge in [0.25, 0.3) is 0 Å². The van der Waals surface area contributed by atoms with Crippen LogP contribution < -0.4 is 9.75 Å². The maximum Gasteiger partial charge on any atom is 0.0434 e. The topological polar surface area (TPSA) is 0 Å². The molecule has 1 aromatic heterocycles. The van der Waals surface area contributed by atoms with Gasteiger partial charge in [-0.05, 0) is 213 Å². The summed E-state index contributed by atoms with van der Waals surface area (Å²) in [5, 5.41) is 14.8. The summed E-state index contributed by atoms with van der Waals surface area (Å²) < 4.78 is 2.86. The maximum atomic E-state index is 2.53. The largest absolute Gasteiger partial charge is 0.135 e.